The van der Waals surface area contributed by atoms with Gasteiger partial charge in [-0.2, -0.15) is 0 Å². The van der Waals surface area contributed by atoms with Crippen molar-refractivity contribution in [3.63, 3.8) is 0 Å². The van der Waals surface area contributed by atoms with Gasteiger partial charge in [0.15, 0.2) is 5.96 Å². The number of hydrogen-bond acceptors (Lipinski definition) is 5. The normalized spacial score (nSPS) is 11.6. The number of likely N-dealkylation sites (N-methyl/N-ethyl adjacent to an activating group) is 1. The first kappa shape index (κ1) is 21.0. The number of carbonyl (C=O) groups is 1. The van der Waals surface area contributed by atoms with Crippen LogP contribution >= 0.6 is 0 Å². The minimum absolute atomic E-state index is 0.0692. The van der Waals surface area contributed by atoms with Crippen molar-refractivity contribution in [3.8, 4) is 0 Å². The Morgan fingerprint density at radius 3 is 2.84 bits per heavy atom. The molecule has 0 aromatic carbocycles. The van der Waals surface area contributed by atoms with Crippen LogP contribution in [0.25, 0.3) is 0 Å². The van der Waals surface area contributed by atoms with Gasteiger partial charge in [-0.3, -0.25) is 4.79 Å². The lowest BCUT2D eigenvalue weighted by atomic mass is 10.4. The lowest BCUT2D eigenvalue weighted by molar-refractivity contribution is -0.119. The first-order valence-electron chi connectivity index (χ1n) is 8.64. The van der Waals surface area contributed by atoms with Gasteiger partial charge in [0.25, 0.3) is 0 Å². The largest absolute Gasteiger partial charge is 0.467 e. The van der Waals surface area contributed by atoms with Gasteiger partial charge >= 0.3 is 0 Å². The molecule has 0 saturated heterocycles. The number of rotatable bonds is 12. The fraction of sp³-hybridized carbons (Fsp3) is 0.647. The van der Waals surface area contributed by atoms with Crippen molar-refractivity contribution in [1.82, 2.24) is 20.9 Å². The Labute approximate surface area is 150 Å². The van der Waals surface area contributed by atoms with Gasteiger partial charge in [0.2, 0.25) is 5.91 Å². The summed E-state index contributed by atoms with van der Waals surface area (Å²) in [6.07, 6.45) is 2.59. The molecule has 1 heterocycles. The molecule has 0 fully saturated rings. The number of methoxy groups -OCH3 is 1. The van der Waals surface area contributed by atoms with E-state index in [4.69, 9.17) is 9.15 Å². The van der Waals surface area contributed by atoms with E-state index in [-0.39, 0.29) is 12.5 Å². The Bertz CT molecular complexity index is 490. The molecule has 8 heteroatoms. The fourth-order valence-corrected chi connectivity index (χ4v) is 2.10. The number of hydrogen-bond donors (Lipinski definition) is 3. The molecule has 1 aromatic rings. The van der Waals surface area contributed by atoms with E-state index in [1.165, 1.54) is 0 Å². The predicted molar refractivity (Wildman–Crippen MR) is 98.5 cm³/mol. The Hall–Kier alpha value is -2.06. The molecule has 0 atom stereocenters. The molecule has 0 aliphatic carbocycles. The lowest BCUT2D eigenvalue weighted by Crippen LogP contribution is -2.41. The Balaban J connectivity index is 2.26. The topological polar surface area (TPSA) is 91.1 Å². The summed E-state index contributed by atoms with van der Waals surface area (Å²) in [6, 6.07) is 3.61. The van der Waals surface area contributed by atoms with Gasteiger partial charge in [0, 0.05) is 39.9 Å². The van der Waals surface area contributed by atoms with Crippen molar-refractivity contribution in [2.45, 2.75) is 19.9 Å². The molecule has 8 nitrogen and oxygen atoms in total. The van der Waals surface area contributed by atoms with Crippen molar-refractivity contribution in [2.75, 3.05) is 53.5 Å². The van der Waals surface area contributed by atoms with Crippen LogP contribution in [0, 0.1) is 0 Å². The first-order valence-corrected chi connectivity index (χ1v) is 8.64. The van der Waals surface area contributed by atoms with Crippen LogP contribution in [0.3, 0.4) is 0 Å². The number of nitrogens with one attached hydrogen (secondary N) is 3. The van der Waals surface area contributed by atoms with Crippen molar-refractivity contribution in [3.05, 3.63) is 24.2 Å². The molecule has 1 aromatic heterocycles. The highest BCUT2D eigenvalue weighted by molar-refractivity contribution is 5.84. The van der Waals surface area contributed by atoms with Crippen LogP contribution in [0.5, 0.6) is 0 Å². The minimum atomic E-state index is -0.148. The van der Waals surface area contributed by atoms with Crippen molar-refractivity contribution >= 4 is 11.9 Å². The van der Waals surface area contributed by atoms with Gasteiger partial charge in [-0.15, -0.1) is 0 Å². The maximum atomic E-state index is 11.8. The Morgan fingerprint density at radius 1 is 1.32 bits per heavy atom. The number of nitrogens with zero attached hydrogens (tertiary/aromatic N) is 2. The fourth-order valence-electron chi connectivity index (χ4n) is 2.10. The van der Waals surface area contributed by atoms with Crippen molar-refractivity contribution < 1.29 is 13.9 Å². The smallest absolute Gasteiger partial charge is 0.242 e. The first-order chi connectivity index (χ1) is 12.2. The third-order valence-electron chi connectivity index (χ3n) is 3.44. The molecular weight excluding hydrogens is 322 g/mol. The van der Waals surface area contributed by atoms with Crippen LogP contribution < -0.4 is 16.0 Å². The van der Waals surface area contributed by atoms with E-state index in [2.05, 4.69) is 32.9 Å². The monoisotopic (exact) mass is 353 g/mol. The molecule has 0 bridgehead atoms. The second-order valence-electron chi connectivity index (χ2n) is 5.63. The third-order valence-corrected chi connectivity index (χ3v) is 3.44. The molecular formula is C17H31N5O3. The highest BCUT2D eigenvalue weighted by Gasteiger charge is 2.04. The van der Waals surface area contributed by atoms with Crippen LogP contribution in [-0.2, 0) is 16.1 Å². The Morgan fingerprint density at radius 2 is 2.16 bits per heavy atom. The van der Waals surface area contributed by atoms with Gasteiger partial charge in [-0.1, -0.05) is 0 Å². The average molecular weight is 353 g/mol. The van der Waals surface area contributed by atoms with Gasteiger partial charge in [0.05, 0.1) is 12.8 Å². The van der Waals surface area contributed by atoms with Gasteiger partial charge in [0.1, 0.15) is 12.3 Å². The number of aliphatic imine (C=N–C) groups is 1. The second kappa shape index (κ2) is 13.3. The summed E-state index contributed by atoms with van der Waals surface area (Å²) in [6.45, 7) is 6.57. The minimum Gasteiger partial charge on any atom is -0.467 e. The summed E-state index contributed by atoms with van der Waals surface area (Å²) in [5.74, 6) is 1.21. The van der Waals surface area contributed by atoms with Gasteiger partial charge in [-0.25, -0.2) is 4.99 Å². The number of ether oxygens (including phenoxy) is 1. The molecule has 0 radical (unpaired) electrons. The second-order valence-corrected chi connectivity index (χ2v) is 5.63. The maximum absolute atomic E-state index is 11.8. The molecule has 0 saturated carbocycles. The van der Waals surface area contributed by atoms with E-state index in [1.807, 2.05) is 13.0 Å². The molecule has 0 aliphatic heterocycles. The molecule has 0 unspecified atom stereocenters. The van der Waals surface area contributed by atoms with Gasteiger partial charge < -0.3 is 30.0 Å². The van der Waals surface area contributed by atoms with Gasteiger partial charge in [-0.05, 0) is 32.5 Å². The van der Waals surface area contributed by atoms with E-state index in [0.29, 0.717) is 12.5 Å². The molecule has 3 N–H and O–H groups in total. The quantitative estimate of drug-likeness (QED) is 0.287. The predicted octanol–water partition coefficient (Wildman–Crippen LogP) is 0.419. The number of guanidine groups is 1. The van der Waals surface area contributed by atoms with Crippen LogP contribution in [0.2, 0.25) is 0 Å². The molecule has 0 aliphatic rings. The summed E-state index contributed by atoms with van der Waals surface area (Å²) in [7, 11) is 3.79. The van der Waals surface area contributed by atoms with Crippen LogP contribution in [0.4, 0.5) is 0 Å². The summed E-state index contributed by atoms with van der Waals surface area (Å²) >= 11 is 0. The summed E-state index contributed by atoms with van der Waals surface area (Å²) in [4.78, 5) is 18.4. The highest BCUT2D eigenvalue weighted by Crippen LogP contribution is 1.98. The summed E-state index contributed by atoms with van der Waals surface area (Å²) in [5.41, 5.74) is 0. The number of amides is 1. The SMILES string of the molecule is CCNC(=NCC(=O)NCc1ccco1)NCCN(C)CCCOC. The van der Waals surface area contributed by atoms with Crippen LogP contribution in [0.1, 0.15) is 19.1 Å². The zero-order valence-corrected chi connectivity index (χ0v) is 15.5. The van der Waals surface area contributed by atoms with E-state index in [9.17, 15) is 4.79 Å². The summed E-state index contributed by atoms with van der Waals surface area (Å²) in [5, 5.41) is 9.14. The highest BCUT2D eigenvalue weighted by atomic mass is 16.5. The van der Waals surface area contributed by atoms with E-state index >= 15 is 0 Å². The molecule has 1 amide bonds. The lowest BCUT2D eigenvalue weighted by Gasteiger charge is -2.18. The van der Waals surface area contributed by atoms with Crippen LogP contribution in [-0.4, -0.2) is 70.3 Å². The third kappa shape index (κ3) is 10.4. The number of carbonyl (C=O) groups excluding carboxylic acids is 1. The maximum Gasteiger partial charge on any atom is 0.242 e. The molecule has 25 heavy (non-hydrogen) atoms. The van der Waals surface area contributed by atoms with E-state index < -0.39 is 0 Å². The molecule has 1 rings (SSSR count). The Kier molecular flexibility index (Phi) is 11.1. The average Bonchev–Trinajstić information content (AvgIpc) is 3.11. The molecule has 142 valence electrons. The van der Waals surface area contributed by atoms with E-state index in [1.54, 1.807) is 19.4 Å². The van der Waals surface area contributed by atoms with Crippen molar-refractivity contribution in [2.24, 2.45) is 4.99 Å². The number of furan rings is 1. The van der Waals surface area contributed by atoms with Crippen molar-refractivity contribution in [1.29, 1.82) is 0 Å². The standard InChI is InChI=1S/C17H31N5O3/c1-4-18-17(19-8-10-22(2)9-6-11-24-3)21-14-16(23)20-13-15-7-5-12-25-15/h5,7,12H,4,6,8-11,13-14H2,1-3H3,(H,20,23)(H2,18,19,21). The zero-order chi connectivity index (χ0) is 18.3. The molecule has 0 spiro atoms. The van der Waals surface area contributed by atoms with E-state index in [0.717, 1.165) is 45.0 Å². The summed E-state index contributed by atoms with van der Waals surface area (Å²) < 4.78 is 10.2. The zero-order valence-electron chi connectivity index (χ0n) is 15.5. The van der Waals surface area contributed by atoms with Crippen LogP contribution in [0.15, 0.2) is 27.8 Å².